The predicted molar refractivity (Wildman–Crippen MR) is 94.3 cm³/mol. The van der Waals surface area contributed by atoms with Crippen LogP contribution in [-0.2, 0) is 27.4 Å². The van der Waals surface area contributed by atoms with Crippen molar-refractivity contribution in [3.05, 3.63) is 11.7 Å². The summed E-state index contributed by atoms with van der Waals surface area (Å²) < 4.78 is 15.5. The largest absolute Gasteiger partial charge is 0.385 e. The number of ether oxygens (including phenoxy) is 2. The lowest BCUT2D eigenvalue weighted by atomic mass is 9.73. The molecule has 0 N–H and O–H groups in total. The van der Waals surface area contributed by atoms with E-state index in [1.165, 1.54) is 6.42 Å². The van der Waals surface area contributed by atoms with Crippen molar-refractivity contribution in [2.45, 2.75) is 45.3 Å². The smallest absolute Gasteiger partial charge is 0.240 e. The number of amides is 1. The summed E-state index contributed by atoms with van der Waals surface area (Å²) in [5.74, 6) is 1.50. The van der Waals surface area contributed by atoms with Gasteiger partial charge in [0, 0.05) is 52.3 Å². The van der Waals surface area contributed by atoms with Gasteiger partial charge in [-0.05, 0) is 32.2 Å². The second-order valence-electron chi connectivity index (χ2n) is 7.51. The van der Waals surface area contributed by atoms with Crippen molar-refractivity contribution in [1.29, 1.82) is 0 Å². The van der Waals surface area contributed by atoms with Crippen molar-refractivity contribution < 1.29 is 18.8 Å². The first-order chi connectivity index (χ1) is 12.6. The molecule has 2 aliphatic rings. The molecule has 146 valence electrons. The number of piperidine rings is 2. The molecule has 1 atom stereocenters. The molecule has 2 aliphatic heterocycles. The molecule has 1 spiro atoms. The van der Waals surface area contributed by atoms with Crippen molar-refractivity contribution in [2.24, 2.45) is 5.41 Å². The van der Waals surface area contributed by atoms with Gasteiger partial charge in [-0.3, -0.25) is 9.69 Å². The minimum absolute atomic E-state index is 0.189. The van der Waals surface area contributed by atoms with Crippen molar-refractivity contribution in [2.75, 3.05) is 47.0 Å². The third kappa shape index (κ3) is 4.81. The molecule has 2 fully saturated rings. The minimum atomic E-state index is 0.189. The van der Waals surface area contributed by atoms with Crippen LogP contribution in [0.5, 0.6) is 0 Å². The molecule has 0 aliphatic carbocycles. The Morgan fingerprint density at radius 2 is 2.12 bits per heavy atom. The van der Waals surface area contributed by atoms with Gasteiger partial charge in [0.1, 0.15) is 6.61 Å². The van der Waals surface area contributed by atoms with Gasteiger partial charge in [0.2, 0.25) is 11.8 Å². The molecule has 3 rings (SSSR count). The monoisotopic (exact) mass is 366 g/mol. The number of rotatable bonds is 8. The van der Waals surface area contributed by atoms with Crippen LogP contribution in [0.3, 0.4) is 0 Å². The van der Waals surface area contributed by atoms with E-state index in [9.17, 15) is 4.79 Å². The first kappa shape index (κ1) is 19.3. The highest BCUT2D eigenvalue weighted by Crippen LogP contribution is 2.39. The zero-order valence-corrected chi connectivity index (χ0v) is 15.9. The van der Waals surface area contributed by atoms with E-state index in [0.717, 1.165) is 45.4 Å². The first-order valence-corrected chi connectivity index (χ1v) is 9.44. The number of hydrogen-bond acceptors (Lipinski definition) is 7. The highest BCUT2D eigenvalue weighted by Gasteiger charge is 2.41. The standard InChI is InChI=1S/C18H30N4O4/c1-24-10-4-9-22-14-18(7-5-17(22)23)6-3-8-21(13-18)11-16-19-15(12-25-2)20-26-16/h3-14H2,1-2H3/t18-/m0/s1. The molecule has 8 nitrogen and oxygen atoms in total. The lowest BCUT2D eigenvalue weighted by Gasteiger charge is -2.48. The summed E-state index contributed by atoms with van der Waals surface area (Å²) in [5, 5.41) is 3.94. The van der Waals surface area contributed by atoms with Crippen molar-refractivity contribution in [3.8, 4) is 0 Å². The van der Waals surface area contributed by atoms with E-state index in [1.807, 2.05) is 4.90 Å². The number of methoxy groups -OCH3 is 2. The molecule has 1 amide bonds. The summed E-state index contributed by atoms with van der Waals surface area (Å²) in [7, 11) is 3.32. The molecule has 0 saturated carbocycles. The fourth-order valence-corrected chi connectivity index (χ4v) is 4.22. The van der Waals surface area contributed by atoms with E-state index in [4.69, 9.17) is 14.0 Å². The highest BCUT2D eigenvalue weighted by molar-refractivity contribution is 5.77. The van der Waals surface area contributed by atoms with Crippen LogP contribution in [0, 0.1) is 5.41 Å². The summed E-state index contributed by atoms with van der Waals surface area (Å²) >= 11 is 0. The molecule has 3 heterocycles. The molecule has 1 aromatic rings. The van der Waals surface area contributed by atoms with Gasteiger partial charge in [0.25, 0.3) is 0 Å². The zero-order chi connectivity index (χ0) is 18.4. The van der Waals surface area contributed by atoms with Crippen LogP contribution in [0.2, 0.25) is 0 Å². The van der Waals surface area contributed by atoms with E-state index in [0.29, 0.717) is 37.9 Å². The second kappa shape index (κ2) is 8.92. The summed E-state index contributed by atoms with van der Waals surface area (Å²) in [6, 6.07) is 0. The molecule has 0 aromatic carbocycles. The fraction of sp³-hybridized carbons (Fsp3) is 0.833. The van der Waals surface area contributed by atoms with Crippen molar-refractivity contribution in [1.82, 2.24) is 19.9 Å². The Bertz CT molecular complexity index is 594. The van der Waals surface area contributed by atoms with Gasteiger partial charge in [0.05, 0.1) is 6.54 Å². The predicted octanol–water partition coefficient (Wildman–Crippen LogP) is 1.46. The third-order valence-corrected chi connectivity index (χ3v) is 5.41. The van der Waals surface area contributed by atoms with Gasteiger partial charge in [-0.25, -0.2) is 0 Å². The summed E-state index contributed by atoms with van der Waals surface area (Å²) in [4.78, 5) is 21.1. The molecule has 2 saturated heterocycles. The number of nitrogens with zero attached hydrogens (tertiary/aromatic N) is 4. The van der Waals surface area contributed by atoms with E-state index < -0.39 is 0 Å². The van der Waals surface area contributed by atoms with Gasteiger partial charge in [-0.15, -0.1) is 0 Å². The van der Waals surface area contributed by atoms with Crippen LogP contribution in [-0.4, -0.2) is 72.9 Å². The average Bonchev–Trinajstić information content (AvgIpc) is 3.06. The van der Waals surface area contributed by atoms with Gasteiger partial charge < -0.3 is 18.9 Å². The van der Waals surface area contributed by atoms with E-state index in [2.05, 4.69) is 15.0 Å². The van der Waals surface area contributed by atoms with Crippen molar-refractivity contribution in [3.63, 3.8) is 0 Å². The quantitative estimate of drug-likeness (QED) is 0.644. The Labute approximate surface area is 154 Å². The summed E-state index contributed by atoms with van der Waals surface area (Å²) in [5.41, 5.74) is 0.189. The maximum Gasteiger partial charge on any atom is 0.240 e. The second-order valence-corrected chi connectivity index (χ2v) is 7.51. The molecule has 0 bridgehead atoms. The lowest BCUT2D eigenvalue weighted by molar-refractivity contribution is -0.139. The number of likely N-dealkylation sites (tertiary alicyclic amines) is 2. The Morgan fingerprint density at radius 3 is 2.92 bits per heavy atom. The number of carbonyl (C=O) groups excluding carboxylic acids is 1. The fourth-order valence-electron chi connectivity index (χ4n) is 4.22. The summed E-state index contributed by atoms with van der Waals surface area (Å²) in [6.07, 6.45) is 4.84. The normalized spacial score (nSPS) is 24.5. The third-order valence-electron chi connectivity index (χ3n) is 5.41. The lowest BCUT2D eigenvalue weighted by Crippen LogP contribution is -2.54. The molecule has 26 heavy (non-hydrogen) atoms. The first-order valence-electron chi connectivity index (χ1n) is 9.44. The van der Waals surface area contributed by atoms with Crippen LogP contribution in [0.15, 0.2) is 4.52 Å². The summed E-state index contributed by atoms with van der Waals surface area (Å²) in [6.45, 7) is 5.37. The molecule has 1 aromatic heterocycles. The number of carbonyl (C=O) groups is 1. The minimum Gasteiger partial charge on any atom is -0.385 e. The maximum atomic E-state index is 12.3. The van der Waals surface area contributed by atoms with Gasteiger partial charge >= 0.3 is 0 Å². The van der Waals surface area contributed by atoms with E-state index in [-0.39, 0.29) is 11.3 Å². The van der Waals surface area contributed by atoms with Crippen LogP contribution in [0.1, 0.15) is 43.8 Å². The Hall–Kier alpha value is -1.51. The zero-order valence-electron chi connectivity index (χ0n) is 15.9. The van der Waals surface area contributed by atoms with Gasteiger partial charge in [-0.1, -0.05) is 5.16 Å². The topological polar surface area (TPSA) is 80.9 Å². The van der Waals surface area contributed by atoms with Crippen LogP contribution >= 0.6 is 0 Å². The van der Waals surface area contributed by atoms with E-state index in [1.54, 1.807) is 14.2 Å². The Morgan fingerprint density at radius 1 is 1.23 bits per heavy atom. The van der Waals surface area contributed by atoms with E-state index >= 15 is 0 Å². The maximum absolute atomic E-state index is 12.3. The molecule has 8 heteroatoms. The Balaban J connectivity index is 1.58. The molecule has 0 unspecified atom stereocenters. The van der Waals surface area contributed by atoms with Crippen LogP contribution in [0.4, 0.5) is 0 Å². The Kier molecular flexibility index (Phi) is 6.61. The molecular weight excluding hydrogens is 336 g/mol. The van der Waals surface area contributed by atoms with Crippen LogP contribution < -0.4 is 0 Å². The van der Waals surface area contributed by atoms with Gasteiger partial charge in [0.15, 0.2) is 5.82 Å². The average molecular weight is 366 g/mol. The highest BCUT2D eigenvalue weighted by atomic mass is 16.5. The number of hydrogen-bond donors (Lipinski definition) is 0. The SMILES string of the molecule is COCCCN1C[C@@]2(CCCN(Cc3nc(COC)no3)C2)CCC1=O. The van der Waals surface area contributed by atoms with Gasteiger partial charge in [-0.2, -0.15) is 4.98 Å². The van der Waals surface area contributed by atoms with Crippen molar-refractivity contribution >= 4 is 5.91 Å². The molecule has 0 radical (unpaired) electrons. The number of aromatic nitrogens is 2. The van der Waals surface area contributed by atoms with Crippen LogP contribution in [0.25, 0.3) is 0 Å². The molecular formula is C18H30N4O4.